The number of rotatable bonds is 5. The smallest absolute Gasteiger partial charge is 0.321 e. The molecule has 0 unspecified atom stereocenters. The topological polar surface area (TPSA) is 87.1 Å². The Kier molecular flexibility index (Phi) is 4.94. The second kappa shape index (κ2) is 6.23. The van der Waals surface area contributed by atoms with E-state index in [2.05, 4.69) is 0 Å². The molecule has 1 atom stereocenters. The van der Waals surface area contributed by atoms with Gasteiger partial charge in [0.25, 0.3) is 0 Å². The normalized spacial score (nSPS) is 11.8. The number of halogens is 1. The molecule has 90 valence electrons. The van der Waals surface area contributed by atoms with Gasteiger partial charge >= 0.3 is 5.97 Å². The molecule has 3 N–H and O–H groups in total. The van der Waals surface area contributed by atoms with Gasteiger partial charge in [-0.2, -0.15) is 17.0 Å². The van der Waals surface area contributed by atoms with Gasteiger partial charge in [-0.3, -0.25) is 4.79 Å². The molecule has 4 nitrogen and oxygen atoms in total. The molecule has 0 spiro atoms. The van der Waals surface area contributed by atoms with Crippen LogP contribution in [-0.2, 0) is 10.5 Å². The number of aliphatic carboxylic acids is 1. The molecule has 0 saturated carbocycles. The Morgan fingerprint density at radius 3 is 2.94 bits per heavy atom. The van der Waals surface area contributed by atoms with E-state index in [0.29, 0.717) is 16.9 Å². The Bertz CT molecular complexity index is 459. The number of thioether (sulfide) groups is 1. The summed E-state index contributed by atoms with van der Waals surface area (Å²) in [5, 5.41) is 17.4. The fourth-order valence-electron chi connectivity index (χ4n) is 1.16. The largest absolute Gasteiger partial charge is 0.480 e. The van der Waals surface area contributed by atoms with Crippen LogP contribution >= 0.6 is 11.8 Å². The van der Waals surface area contributed by atoms with Gasteiger partial charge in [-0.25, -0.2) is 4.39 Å². The predicted molar refractivity (Wildman–Crippen MR) is 62.9 cm³/mol. The lowest BCUT2D eigenvalue weighted by molar-refractivity contribution is -0.137. The van der Waals surface area contributed by atoms with Gasteiger partial charge in [-0.15, -0.1) is 0 Å². The Hall–Kier alpha value is -1.58. The summed E-state index contributed by atoms with van der Waals surface area (Å²) < 4.78 is 13.0. The maximum atomic E-state index is 13.0. The summed E-state index contributed by atoms with van der Waals surface area (Å²) in [6.45, 7) is 0. The maximum Gasteiger partial charge on any atom is 0.321 e. The third kappa shape index (κ3) is 4.06. The van der Waals surface area contributed by atoms with Crippen LogP contribution in [0.25, 0.3) is 0 Å². The standard InChI is InChI=1S/C11H11FN2O2S/c12-9-2-1-7(4-13)8(3-9)5-17-6-10(14)11(15)16/h1-3,10H,5-6,14H2,(H,15,16)/t10-/m0/s1. The van der Waals surface area contributed by atoms with E-state index in [1.54, 1.807) is 0 Å². The first-order chi connectivity index (χ1) is 8.04. The molecule has 1 aromatic carbocycles. The van der Waals surface area contributed by atoms with Crippen LogP contribution in [0.2, 0.25) is 0 Å². The summed E-state index contributed by atoms with van der Waals surface area (Å²) >= 11 is 1.26. The third-order valence-electron chi connectivity index (χ3n) is 2.06. The van der Waals surface area contributed by atoms with Crippen molar-refractivity contribution in [3.8, 4) is 6.07 Å². The van der Waals surface area contributed by atoms with Crippen molar-refractivity contribution in [2.45, 2.75) is 11.8 Å². The molecule has 0 amide bonds. The van der Waals surface area contributed by atoms with Gasteiger partial charge in [0.2, 0.25) is 0 Å². The lowest BCUT2D eigenvalue weighted by Crippen LogP contribution is -2.32. The number of hydrogen-bond acceptors (Lipinski definition) is 4. The molecule has 0 aliphatic rings. The minimum absolute atomic E-state index is 0.219. The van der Waals surface area contributed by atoms with E-state index < -0.39 is 17.8 Å². The number of carbonyl (C=O) groups is 1. The van der Waals surface area contributed by atoms with Crippen molar-refractivity contribution < 1.29 is 14.3 Å². The molecule has 0 aliphatic heterocycles. The molecule has 0 aliphatic carbocycles. The Labute approximate surface area is 102 Å². The number of benzene rings is 1. The lowest BCUT2D eigenvalue weighted by Gasteiger charge is -2.07. The van der Waals surface area contributed by atoms with Crippen LogP contribution in [0.15, 0.2) is 18.2 Å². The zero-order valence-electron chi connectivity index (χ0n) is 8.89. The molecule has 1 rings (SSSR count). The average molecular weight is 254 g/mol. The van der Waals surface area contributed by atoms with E-state index in [0.717, 1.165) is 0 Å². The summed E-state index contributed by atoms with van der Waals surface area (Å²) in [5.41, 5.74) is 6.26. The van der Waals surface area contributed by atoms with Gasteiger partial charge in [-0.05, 0) is 23.8 Å². The fourth-order valence-corrected chi connectivity index (χ4v) is 2.13. The van der Waals surface area contributed by atoms with Crippen LogP contribution in [0.5, 0.6) is 0 Å². The van der Waals surface area contributed by atoms with Crippen molar-refractivity contribution in [3.05, 3.63) is 35.1 Å². The highest BCUT2D eigenvalue weighted by molar-refractivity contribution is 7.98. The van der Waals surface area contributed by atoms with E-state index >= 15 is 0 Å². The second-order valence-corrected chi connectivity index (χ2v) is 4.40. The van der Waals surface area contributed by atoms with Crippen molar-refractivity contribution >= 4 is 17.7 Å². The third-order valence-corrected chi connectivity index (χ3v) is 3.17. The van der Waals surface area contributed by atoms with Crippen LogP contribution in [0.4, 0.5) is 4.39 Å². The van der Waals surface area contributed by atoms with Gasteiger partial charge < -0.3 is 10.8 Å². The first-order valence-electron chi connectivity index (χ1n) is 4.79. The average Bonchev–Trinajstić information content (AvgIpc) is 2.29. The first kappa shape index (κ1) is 13.5. The molecular formula is C11H11FN2O2S. The van der Waals surface area contributed by atoms with Crippen LogP contribution in [-0.4, -0.2) is 22.9 Å². The van der Waals surface area contributed by atoms with Crippen LogP contribution < -0.4 is 5.73 Å². The highest BCUT2D eigenvalue weighted by Gasteiger charge is 2.12. The molecule has 17 heavy (non-hydrogen) atoms. The Morgan fingerprint density at radius 1 is 1.65 bits per heavy atom. The molecule has 0 aromatic heterocycles. The summed E-state index contributed by atoms with van der Waals surface area (Å²) in [4.78, 5) is 10.5. The molecule has 0 radical (unpaired) electrons. The minimum Gasteiger partial charge on any atom is -0.480 e. The first-order valence-corrected chi connectivity index (χ1v) is 5.94. The molecule has 0 bridgehead atoms. The monoisotopic (exact) mass is 254 g/mol. The highest BCUT2D eigenvalue weighted by atomic mass is 32.2. The zero-order valence-corrected chi connectivity index (χ0v) is 9.71. The van der Waals surface area contributed by atoms with E-state index in [9.17, 15) is 9.18 Å². The number of carboxylic acids is 1. The van der Waals surface area contributed by atoms with Gasteiger partial charge in [0.1, 0.15) is 11.9 Å². The second-order valence-electron chi connectivity index (χ2n) is 3.37. The quantitative estimate of drug-likeness (QED) is 0.828. The van der Waals surface area contributed by atoms with Crippen LogP contribution in [0.1, 0.15) is 11.1 Å². The maximum absolute atomic E-state index is 13.0. The molecule has 0 heterocycles. The van der Waals surface area contributed by atoms with Crippen molar-refractivity contribution in [1.82, 2.24) is 0 Å². The van der Waals surface area contributed by atoms with E-state index in [1.165, 1.54) is 30.0 Å². The minimum atomic E-state index is -1.07. The number of hydrogen-bond donors (Lipinski definition) is 2. The number of nitriles is 1. The number of carboxylic acid groups (broad SMARTS) is 1. The number of nitrogens with two attached hydrogens (primary N) is 1. The highest BCUT2D eigenvalue weighted by Crippen LogP contribution is 2.18. The van der Waals surface area contributed by atoms with Crippen molar-refractivity contribution in [3.63, 3.8) is 0 Å². The molecule has 0 saturated heterocycles. The summed E-state index contributed by atoms with van der Waals surface area (Å²) in [7, 11) is 0. The SMILES string of the molecule is N#Cc1ccc(F)cc1CSC[C@H](N)C(=O)O. The van der Waals surface area contributed by atoms with Gasteiger partial charge in [-0.1, -0.05) is 0 Å². The van der Waals surface area contributed by atoms with Crippen molar-refractivity contribution in [2.24, 2.45) is 5.73 Å². The van der Waals surface area contributed by atoms with Crippen LogP contribution in [0, 0.1) is 17.1 Å². The van der Waals surface area contributed by atoms with Crippen LogP contribution in [0.3, 0.4) is 0 Å². The molecular weight excluding hydrogens is 243 g/mol. The van der Waals surface area contributed by atoms with Gasteiger partial charge in [0, 0.05) is 11.5 Å². The molecule has 6 heteroatoms. The van der Waals surface area contributed by atoms with Crippen molar-refractivity contribution in [1.29, 1.82) is 5.26 Å². The summed E-state index contributed by atoms with van der Waals surface area (Å²) in [6.07, 6.45) is 0. The van der Waals surface area contributed by atoms with E-state index in [4.69, 9.17) is 16.1 Å². The summed E-state index contributed by atoms with van der Waals surface area (Å²) in [5.74, 6) is -0.905. The predicted octanol–water partition coefficient (Wildman–Crippen LogP) is 1.34. The van der Waals surface area contributed by atoms with Crippen molar-refractivity contribution in [2.75, 3.05) is 5.75 Å². The molecule has 0 fully saturated rings. The fraction of sp³-hybridized carbons (Fsp3) is 0.273. The van der Waals surface area contributed by atoms with Gasteiger partial charge in [0.15, 0.2) is 0 Å². The van der Waals surface area contributed by atoms with Gasteiger partial charge in [0.05, 0.1) is 11.6 Å². The number of nitrogens with zero attached hydrogens (tertiary/aromatic N) is 1. The summed E-state index contributed by atoms with van der Waals surface area (Å²) in [6, 6.07) is 4.91. The lowest BCUT2D eigenvalue weighted by atomic mass is 10.1. The zero-order chi connectivity index (χ0) is 12.8. The Morgan fingerprint density at radius 2 is 2.35 bits per heavy atom. The van der Waals surface area contributed by atoms with E-state index in [-0.39, 0.29) is 5.75 Å². The Balaban J connectivity index is 2.60. The molecule has 1 aromatic rings. The van der Waals surface area contributed by atoms with E-state index in [1.807, 2.05) is 6.07 Å².